The summed E-state index contributed by atoms with van der Waals surface area (Å²) < 4.78 is 5.29. The molecule has 0 aliphatic heterocycles. The van der Waals surface area contributed by atoms with Gasteiger partial charge in [0.25, 0.3) is 11.8 Å². The number of hydrogen-bond acceptors (Lipinski definition) is 4. The van der Waals surface area contributed by atoms with E-state index in [-0.39, 0.29) is 18.1 Å². The molecule has 0 bridgehead atoms. The average molecular weight is 311 g/mol. The minimum Gasteiger partial charge on any atom is -0.484 e. The molecule has 104 valence electrons. The lowest BCUT2D eigenvalue weighted by Crippen LogP contribution is -2.21. The summed E-state index contributed by atoms with van der Waals surface area (Å²) in [6, 6.07) is 8.29. The van der Waals surface area contributed by atoms with Crippen LogP contribution in [0.1, 0.15) is 10.4 Å². The fourth-order valence-corrected chi connectivity index (χ4v) is 2.46. The summed E-state index contributed by atoms with van der Waals surface area (Å²) in [6.07, 6.45) is 0. The average Bonchev–Trinajstić information content (AvgIpc) is 2.85. The van der Waals surface area contributed by atoms with Crippen LogP contribution >= 0.6 is 22.9 Å². The number of carbonyl (C=O) groups excluding carboxylic acids is 2. The van der Waals surface area contributed by atoms with Crippen LogP contribution in [-0.4, -0.2) is 18.4 Å². The third kappa shape index (κ3) is 3.72. The Bertz CT molecular complexity index is 642. The molecule has 0 fully saturated rings. The second-order valence-corrected chi connectivity index (χ2v) is 5.17. The predicted octanol–water partition coefficient (Wildman–Crippen LogP) is 2.52. The number of rotatable bonds is 5. The van der Waals surface area contributed by atoms with Crippen molar-refractivity contribution in [2.24, 2.45) is 5.73 Å². The Morgan fingerprint density at radius 2 is 2.15 bits per heavy atom. The normalized spacial score (nSPS) is 10.1. The van der Waals surface area contributed by atoms with Gasteiger partial charge in [0.1, 0.15) is 10.8 Å². The van der Waals surface area contributed by atoms with E-state index in [9.17, 15) is 9.59 Å². The number of thiophene rings is 1. The summed E-state index contributed by atoms with van der Waals surface area (Å²) in [7, 11) is 0. The highest BCUT2D eigenvalue weighted by Gasteiger charge is 2.12. The fraction of sp³-hybridized carbons (Fsp3) is 0.0769. The molecule has 2 amide bonds. The molecular formula is C13H11ClN2O3S. The van der Waals surface area contributed by atoms with Gasteiger partial charge in [-0.2, -0.15) is 0 Å². The van der Waals surface area contributed by atoms with E-state index in [2.05, 4.69) is 5.32 Å². The quantitative estimate of drug-likeness (QED) is 0.890. The van der Waals surface area contributed by atoms with Gasteiger partial charge in [0.05, 0.1) is 5.56 Å². The van der Waals surface area contributed by atoms with Crippen molar-refractivity contribution in [1.82, 2.24) is 0 Å². The molecule has 1 heterocycles. The third-order valence-corrected chi connectivity index (χ3v) is 3.41. The molecule has 0 aliphatic rings. The van der Waals surface area contributed by atoms with Gasteiger partial charge in [-0.15, -0.1) is 11.3 Å². The maximum Gasteiger partial charge on any atom is 0.262 e. The Morgan fingerprint density at radius 1 is 1.35 bits per heavy atom. The van der Waals surface area contributed by atoms with Crippen molar-refractivity contribution in [3.05, 3.63) is 46.3 Å². The van der Waals surface area contributed by atoms with Crippen molar-refractivity contribution < 1.29 is 14.3 Å². The van der Waals surface area contributed by atoms with E-state index < -0.39 is 5.91 Å². The van der Waals surface area contributed by atoms with E-state index >= 15 is 0 Å². The van der Waals surface area contributed by atoms with Crippen LogP contribution < -0.4 is 15.8 Å². The maximum absolute atomic E-state index is 11.7. The second-order valence-electron chi connectivity index (χ2n) is 3.82. The number of hydrogen-bond donors (Lipinski definition) is 2. The van der Waals surface area contributed by atoms with Gasteiger partial charge in [0.2, 0.25) is 0 Å². The van der Waals surface area contributed by atoms with Gasteiger partial charge in [-0.3, -0.25) is 9.59 Å². The second kappa shape index (κ2) is 6.40. The van der Waals surface area contributed by atoms with E-state index in [1.165, 1.54) is 11.3 Å². The van der Waals surface area contributed by atoms with E-state index in [1.54, 1.807) is 35.7 Å². The topological polar surface area (TPSA) is 81.4 Å². The highest BCUT2D eigenvalue weighted by Crippen LogP contribution is 2.22. The molecule has 2 aromatic rings. The molecule has 7 heteroatoms. The summed E-state index contributed by atoms with van der Waals surface area (Å²) >= 11 is 7.02. The molecule has 0 saturated carbocycles. The van der Waals surface area contributed by atoms with Gasteiger partial charge < -0.3 is 15.8 Å². The first-order valence-corrected chi connectivity index (χ1v) is 6.87. The zero-order chi connectivity index (χ0) is 14.5. The Kier molecular flexibility index (Phi) is 4.60. The van der Waals surface area contributed by atoms with Crippen molar-refractivity contribution in [2.75, 3.05) is 11.9 Å². The molecule has 0 spiro atoms. The number of anilines is 1. The van der Waals surface area contributed by atoms with Crippen LogP contribution in [0.5, 0.6) is 5.75 Å². The number of carbonyl (C=O) groups is 2. The lowest BCUT2D eigenvalue weighted by atomic mass is 10.3. The van der Waals surface area contributed by atoms with Gasteiger partial charge in [-0.05, 0) is 29.6 Å². The number of primary amides is 1. The highest BCUT2D eigenvalue weighted by atomic mass is 35.5. The molecule has 0 atom stereocenters. The molecule has 0 aliphatic carbocycles. The molecule has 1 aromatic heterocycles. The molecule has 0 saturated heterocycles. The maximum atomic E-state index is 11.7. The van der Waals surface area contributed by atoms with Crippen LogP contribution in [0, 0.1) is 0 Å². The molecule has 0 unspecified atom stereocenters. The number of nitrogens with two attached hydrogens (primary N) is 1. The van der Waals surface area contributed by atoms with Crippen molar-refractivity contribution in [3.63, 3.8) is 0 Å². The minimum atomic E-state index is -0.586. The van der Waals surface area contributed by atoms with Crippen LogP contribution in [-0.2, 0) is 4.79 Å². The zero-order valence-corrected chi connectivity index (χ0v) is 11.8. The van der Waals surface area contributed by atoms with Gasteiger partial charge in [0.15, 0.2) is 6.61 Å². The Hall–Kier alpha value is -2.05. The molecule has 1 aromatic carbocycles. The molecule has 3 N–H and O–H groups in total. The Balaban J connectivity index is 1.93. The summed E-state index contributed by atoms with van der Waals surface area (Å²) in [5.74, 6) is -0.471. The Labute approximate surface area is 124 Å². The van der Waals surface area contributed by atoms with Gasteiger partial charge in [-0.25, -0.2) is 0 Å². The van der Waals surface area contributed by atoms with Crippen LogP contribution in [0.25, 0.3) is 0 Å². The first kappa shape index (κ1) is 14.4. The van der Waals surface area contributed by atoms with Gasteiger partial charge in [-0.1, -0.05) is 17.7 Å². The molecule has 5 nitrogen and oxygen atoms in total. The van der Waals surface area contributed by atoms with E-state index in [4.69, 9.17) is 22.1 Å². The smallest absolute Gasteiger partial charge is 0.262 e. The van der Waals surface area contributed by atoms with Crippen LogP contribution in [0.15, 0.2) is 35.7 Å². The molecule has 0 radical (unpaired) electrons. The highest BCUT2D eigenvalue weighted by molar-refractivity contribution is 7.14. The minimum absolute atomic E-state index is 0.184. The van der Waals surface area contributed by atoms with Crippen LogP contribution in [0.4, 0.5) is 5.00 Å². The lowest BCUT2D eigenvalue weighted by Gasteiger charge is -2.07. The standard InChI is InChI=1S/C13H11ClN2O3S/c14-8-2-1-3-9(6-8)19-7-11(17)16-13-10(12(15)18)4-5-20-13/h1-6H,7H2,(H2,15,18)(H,16,17). The van der Waals surface area contributed by atoms with Crippen molar-refractivity contribution in [1.29, 1.82) is 0 Å². The summed E-state index contributed by atoms with van der Waals surface area (Å²) in [4.78, 5) is 22.8. The SMILES string of the molecule is NC(=O)c1ccsc1NC(=O)COc1cccc(Cl)c1. The zero-order valence-electron chi connectivity index (χ0n) is 10.3. The number of halogens is 1. The molecular weight excluding hydrogens is 300 g/mol. The first-order chi connectivity index (χ1) is 9.56. The van der Waals surface area contributed by atoms with Crippen molar-refractivity contribution in [3.8, 4) is 5.75 Å². The van der Waals surface area contributed by atoms with E-state index in [0.29, 0.717) is 15.8 Å². The predicted molar refractivity (Wildman–Crippen MR) is 78.4 cm³/mol. The summed E-state index contributed by atoms with van der Waals surface area (Å²) in [5, 5.41) is 5.19. The van der Waals surface area contributed by atoms with E-state index in [0.717, 1.165) is 0 Å². The first-order valence-electron chi connectivity index (χ1n) is 5.62. The van der Waals surface area contributed by atoms with E-state index in [1.807, 2.05) is 0 Å². The van der Waals surface area contributed by atoms with Gasteiger partial charge >= 0.3 is 0 Å². The Morgan fingerprint density at radius 3 is 2.85 bits per heavy atom. The lowest BCUT2D eigenvalue weighted by molar-refractivity contribution is -0.118. The molecule has 20 heavy (non-hydrogen) atoms. The largest absolute Gasteiger partial charge is 0.484 e. The number of amides is 2. The van der Waals surface area contributed by atoms with Crippen molar-refractivity contribution in [2.45, 2.75) is 0 Å². The monoisotopic (exact) mass is 310 g/mol. The summed E-state index contributed by atoms with van der Waals surface area (Å²) in [5.41, 5.74) is 5.47. The van der Waals surface area contributed by atoms with Crippen LogP contribution in [0.3, 0.4) is 0 Å². The van der Waals surface area contributed by atoms with Crippen LogP contribution in [0.2, 0.25) is 5.02 Å². The number of nitrogens with one attached hydrogen (secondary N) is 1. The summed E-state index contributed by atoms with van der Waals surface area (Å²) in [6.45, 7) is -0.184. The third-order valence-electron chi connectivity index (χ3n) is 2.35. The molecule has 2 rings (SSSR count). The number of ether oxygens (including phenoxy) is 1. The van der Waals surface area contributed by atoms with Gasteiger partial charge in [0, 0.05) is 5.02 Å². The van der Waals surface area contributed by atoms with Crippen molar-refractivity contribution >= 4 is 39.8 Å². The fourth-order valence-electron chi connectivity index (χ4n) is 1.47. The number of benzene rings is 1.